The van der Waals surface area contributed by atoms with E-state index in [1.54, 1.807) is 0 Å². The average molecular weight is 380 g/mol. The molecular weight excluding hydrogens is 352 g/mol. The van der Waals surface area contributed by atoms with Crippen molar-refractivity contribution in [2.75, 3.05) is 18.0 Å². The van der Waals surface area contributed by atoms with E-state index in [0.717, 1.165) is 61.8 Å². The number of piperidine rings is 1. The molecule has 2 atom stereocenters. The van der Waals surface area contributed by atoms with Gasteiger partial charge in [-0.3, -0.25) is 9.59 Å². The molecule has 2 aromatic rings. The zero-order chi connectivity index (χ0) is 19.8. The summed E-state index contributed by atoms with van der Waals surface area (Å²) in [5, 5.41) is 4.16. The van der Waals surface area contributed by atoms with Crippen LogP contribution in [0.3, 0.4) is 0 Å². The molecule has 2 amide bonds. The first-order chi connectivity index (χ1) is 13.5. The van der Waals surface area contributed by atoms with Gasteiger partial charge in [-0.1, -0.05) is 13.5 Å². The molecule has 1 fully saturated rings. The Morgan fingerprint density at radius 2 is 2.18 bits per heavy atom. The molecule has 6 heteroatoms. The molecule has 4 N–H and O–H groups in total. The van der Waals surface area contributed by atoms with E-state index < -0.39 is 5.91 Å². The summed E-state index contributed by atoms with van der Waals surface area (Å²) in [4.78, 5) is 29.6. The molecule has 4 rings (SSSR count). The molecule has 28 heavy (non-hydrogen) atoms. The first-order valence-electron chi connectivity index (χ1n) is 10.1. The number of carbonyl (C=O) groups is 2. The van der Waals surface area contributed by atoms with Gasteiger partial charge in [-0.15, -0.1) is 0 Å². The highest BCUT2D eigenvalue weighted by Gasteiger charge is 2.28. The number of primary amides is 1. The zero-order valence-electron chi connectivity index (χ0n) is 16.4. The minimum atomic E-state index is -0.405. The van der Waals surface area contributed by atoms with E-state index in [0.29, 0.717) is 11.5 Å². The van der Waals surface area contributed by atoms with Crippen molar-refractivity contribution in [3.63, 3.8) is 0 Å². The second-order valence-corrected chi connectivity index (χ2v) is 8.17. The summed E-state index contributed by atoms with van der Waals surface area (Å²) in [6.07, 6.45) is 6.45. The summed E-state index contributed by atoms with van der Waals surface area (Å²) >= 11 is 0. The van der Waals surface area contributed by atoms with Gasteiger partial charge in [0, 0.05) is 35.9 Å². The van der Waals surface area contributed by atoms with E-state index in [9.17, 15) is 9.59 Å². The minimum absolute atomic E-state index is 0.0971. The number of benzene rings is 1. The van der Waals surface area contributed by atoms with E-state index in [2.05, 4.69) is 28.7 Å². The average Bonchev–Trinajstić information content (AvgIpc) is 3.05. The Morgan fingerprint density at radius 3 is 2.93 bits per heavy atom. The van der Waals surface area contributed by atoms with Crippen LogP contribution in [-0.4, -0.2) is 35.9 Å². The standard InChI is InChI=1S/C22H28N4O2/c1-3-19(27)24-14-5-4-10-26(12-14)18-9-8-16(22(23)28)21-20(18)15-7-6-13(2)11-17(15)25-21/h3,8-9,13-14,25H,1,4-7,10-12H2,2H3,(H2,23,28)(H,24,27). The number of aromatic nitrogens is 1. The molecule has 148 valence electrons. The number of nitrogens with zero attached hydrogens (tertiary/aromatic N) is 1. The molecule has 1 aromatic heterocycles. The Hall–Kier alpha value is -2.76. The summed E-state index contributed by atoms with van der Waals surface area (Å²) in [6.45, 7) is 7.49. The number of aryl methyl sites for hydroxylation is 1. The van der Waals surface area contributed by atoms with Crippen LogP contribution in [0, 0.1) is 5.92 Å². The Bertz CT molecular complexity index is 946. The molecule has 1 aromatic carbocycles. The first-order valence-corrected chi connectivity index (χ1v) is 10.1. The lowest BCUT2D eigenvalue weighted by Crippen LogP contribution is -2.47. The Labute approximate surface area is 165 Å². The van der Waals surface area contributed by atoms with Gasteiger partial charge >= 0.3 is 0 Å². The third kappa shape index (κ3) is 3.28. The summed E-state index contributed by atoms with van der Waals surface area (Å²) in [5.74, 6) is 0.0987. The zero-order valence-corrected chi connectivity index (χ0v) is 16.4. The fourth-order valence-electron chi connectivity index (χ4n) is 4.74. The molecule has 6 nitrogen and oxygen atoms in total. The molecule has 0 radical (unpaired) electrons. The maximum absolute atomic E-state index is 12.0. The normalized spacial score (nSPS) is 22.0. The number of nitrogens with two attached hydrogens (primary N) is 1. The number of aromatic amines is 1. The summed E-state index contributed by atoms with van der Waals surface area (Å²) < 4.78 is 0. The highest BCUT2D eigenvalue weighted by atomic mass is 16.1. The number of rotatable bonds is 4. The predicted octanol–water partition coefficient (Wildman–Crippen LogP) is 2.66. The van der Waals surface area contributed by atoms with Crippen LogP contribution < -0.4 is 16.0 Å². The van der Waals surface area contributed by atoms with Crippen LogP contribution in [0.4, 0.5) is 5.69 Å². The van der Waals surface area contributed by atoms with Crippen LogP contribution in [0.2, 0.25) is 0 Å². The number of H-pyrrole nitrogens is 1. The highest BCUT2D eigenvalue weighted by molar-refractivity contribution is 6.10. The SMILES string of the molecule is C=CC(=O)NC1CCCN(c2ccc(C(N)=O)c3[nH]c4c(c23)CCC(C)C4)C1. The van der Waals surface area contributed by atoms with Crippen molar-refractivity contribution in [3.8, 4) is 0 Å². The van der Waals surface area contributed by atoms with Crippen LogP contribution in [0.5, 0.6) is 0 Å². The van der Waals surface area contributed by atoms with Crippen LogP contribution in [0.1, 0.15) is 47.8 Å². The van der Waals surface area contributed by atoms with Gasteiger partial charge in [0.25, 0.3) is 5.91 Å². The van der Waals surface area contributed by atoms with E-state index in [1.807, 2.05) is 12.1 Å². The molecule has 1 saturated heterocycles. The number of nitrogens with one attached hydrogen (secondary N) is 2. The Balaban J connectivity index is 1.77. The van der Waals surface area contributed by atoms with Crippen molar-refractivity contribution in [2.24, 2.45) is 11.7 Å². The quantitative estimate of drug-likeness (QED) is 0.712. The molecule has 1 aliphatic heterocycles. The van der Waals surface area contributed by atoms with Crippen molar-refractivity contribution >= 4 is 28.4 Å². The van der Waals surface area contributed by atoms with Crippen LogP contribution in [-0.2, 0) is 17.6 Å². The summed E-state index contributed by atoms with van der Waals surface area (Å²) in [5.41, 5.74) is 10.8. The van der Waals surface area contributed by atoms with Crippen LogP contribution in [0.25, 0.3) is 10.9 Å². The van der Waals surface area contributed by atoms with Gasteiger partial charge in [0.05, 0.1) is 11.1 Å². The molecule has 0 bridgehead atoms. The lowest BCUT2D eigenvalue weighted by Gasteiger charge is -2.35. The van der Waals surface area contributed by atoms with Crippen molar-refractivity contribution < 1.29 is 9.59 Å². The third-order valence-corrected chi connectivity index (χ3v) is 6.12. The van der Waals surface area contributed by atoms with Crippen LogP contribution >= 0.6 is 0 Å². The molecule has 0 spiro atoms. The molecule has 2 unspecified atom stereocenters. The number of fused-ring (bicyclic) bond motifs is 3. The van der Waals surface area contributed by atoms with E-state index >= 15 is 0 Å². The lowest BCUT2D eigenvalue weighted by atomic mass is 9.87. The van der Waals surface area contributed by atoms with E-state index in [-0.39, 0.29) is 11.9 Å². The monoisotopic (exact) mass is 380 g/mol. The van der Waals surface area contributed by atoms with Crippen molar-refractivity contribution in [1.82, 2.24) is 10.3 Å². The van der Waals surface area contributed by atoms with Gasteiger partial charge in [-0.2, -0.15) is 0 Å². The second kappa shape index (κ2) is 7.34. The van der Waals surface area contributed by atoms with Gasteiger partial charge in [-0.05, 0) is 61.8 Å². The number of amides is 2. The first kappa shape index (κ1) is 18.6. The fraction of sp³-hybridized carbons (Fsp3) is 0.455. The summed E-state index contributed by atoms with van der Waals surface area (Å²) in [7, 11) is 0. The molecular formula is C22H28N4O2. The van der Waals surface area contributed by atoms with Gasteiger partial charge in [0.15, 0.2) is 0 Å². The molecule has 0 saturated carbocycles. The molecule has 2 heterocycles. The fourth-order valence-corrected chi connectivity index (χ4v) is 4.74. The Kier molecular flexibility index (Phi) is 4.87. The van der Waals surface area contributed by atoms with Gasteiger partial charge < -0.3 is 20.9 Å². The lowest BCUT2D eigenvalue weighted by molar-refractivity contribution is -0.117. The van der Waals surface area contributed by atoms with Gasteiger partial charge in [-0.25, -0.2) is 0 Å². The van der Waals surface area contributed by atoms with Crippen molar-refractivity contribution in [3.05, 3.63) is 41.6 Å². The topological polar surface area (TPSA) is 91.2 Å². The number of hydrogen-bond donors (Lipinski definition) is 3. The van der Waals surface area contributed by atoms with E-state index in [1.165, 1.54) is 17.3 Å². The van der Waals surface area contributed by atoms with Crippen molar-refractivity contribution in [1.29, 1.82) is 0 Å². The number of carbonyl (C=O) groups excluding carboxylic acids is 2. The van der Waals surface area contributed by atoms with E-state index in [4.69, 9.17) is 5.73 Å². The summed E-state index contributed by atoms with van der Waals surface area (Å²) in [6, 6.07) is 3.95. The maximum atomic E-state index is 12.0. The molecule has 2 aliphatic rings. The van der Waals surface area contributed by atoms with Gasteiger partial charge in [0.2, 0.25) is 5.91 Å². The second-order valence-electron chi connectivity index (χ2n) is 8.17. The van der Waals surface area contributed by atoms with Crippen LogP contribution in [0.15, 0.2) is 24.8 Å². The highest BCUT2D eigenvalue weighted by Crippen LogP contribution is 2.39. The maximum Gasteiger partial charge on any atom is 0.250 e. The third-order valence-electron chi connectivity index (χ3n) is 6.12. The minimum Gasteiger partial charge on any atom is -0.369 e. The number of anilines is 1. The number of hydrogen-bond acceptors (Lipinski definition) is 3. The molecule has 1 aliphatic carbocycles. The van der Waals surface area contributed by atoms with Gasteiger partial charge in [0.1, 0.15) is 0 Å². The Morgan fingerprint density at radius 1 is 1.36 bits per heavy atom. The predicted molar refractivity (Wildman–Crippen MR) is 112 cm³/mol. The van der Waals surface area contributed by atoms with Crippen molar-refractivity contribution in [2.45, 2.75) is 45.1 Å². The smallest absolute Gasteiger partial charge is 0.250 e. The largest absolute Gasteiger partial charge is 0.369 e.